The predicted molar refractivity (Wildman–Crippen MR) is 135 cm³/mol. The summed E-state index contributed by atoms with van der Waals surface area (Å²) < 4.78 is 16.1. The third kappa shape index (κ3) is 4.18. The Morgan fingerprint density at radius 2 is 1.62 bits per heavy atom. The number of hydrogen-bond acceptors (Lipinski definition) is 5. The zero-order valence-corrected chi connectivity index (χ0v) is 20.7. The number of nitrogens with zero attached hydrogens (tertiary/aromatic N) is 5. The Kier molecular flexibility index (Phi) is 5.64. The van der Waals surface area contributed by atoms with Crippen LogP contribution in [0.15, 0.2) is 48.5 Å². The molecule has 0 unspecified atom stereocenters. The third-order valence-corrected chi connectivity index (χ3v) is 7.50. The Morgan fingerprint density at radius 3 is 2.24 bits per heavy atom. The molecule has 1 saturated heterocycles. The molecule has 0 atom stereocenters. The number of carbonyl (C=O) groups excluding carboxylic acids is 1. The van der Waals surface area contributed by atoms with Gasteiger partial charge in [0.05, 0.1) is 16.1 Å². The molecule has 3 heterocycles. The minimum absolute atomic E-state index is 0.0660. The van der Waals surface area contributed by atoms with Crippen LogP contribution in [0.1, 0.15) is 42.4 Å². The van der Waals surface area contributed by atoms with Crippen molar-refractivity contribution in [2.24, 2.45) is 0 Å². The number of halogens is 1. The van der Waals surface area contributed by atoms with Crippen LogP contribution in [0.3, 0.4) is 0 Å². The van der Waals surface area contributed by atoms with Gasteiger partial charge >= 0.3 is 0 Å². The van der Waals surface area contributed by atoms with E-state index in [2.05, 4.69) is 42.9 Å². The van der Waals surface area contributed by atoms with Gasteiger partial charge in [0, 0.05) is 31.7 Å². The molecule has 0 N–H and O–H groups in total. The Hall–Kier alpha value is -3.26. The van der Waals surface area contributed by atoms with Gasteiger partial charge in [-0.25, -0.2) is 9.07 Å². The summed E-state index contributed by atoms with van der Waals surface area (Å²) in [6, 6.07) is 14.3. The maximum Gasteiger partial charge on any atom is 0.253 e. The Morgan fingerprint density at radius 1 is 0.971 bits per heavy atom. The average Bonchev–Trinajstić information content (AvgIpc) is 3.39. The molecule has 1 fully saturated rings. The summed E-state index contributed by atoms with van der Waals surface area (Å²) in [7, 11) is 0. The number of anilines is 1. The summed E-state index contributed by atoms with van der Waals surface area (Å²) in [4.78, 5) is 22.0. The number of rotatable bonds is 3. The largest absolute Gasteiger partial charge is 0.344 e. The summed E-state index contributed by atoms with van der Waals surface area (Å²) in [6.07, 6.45) is 0. The third-order valence-electron chi connectivity index (χ3n) is 6.28. The summed E-state index contributed by atoms with van der Waals surface area (Å²) in [6.45, 7) is 11.2. The van der Waals surface area contributed by atoms with Crippen molar-refractivity contribution in [3.8, 4) is 5.69 Å². The smallest absolute Gasteiger partial charge is 0.253 e. The molecule has 4 aromatic rings. The molecule has 1 aliphatic rings. The lowest BCUT2D eigenvalue weighted by Gasteiger charge is -2.34. The number of benzene rings is 2. The van der Waals surface area contributed by atoms with Gasteiger partial charge in [-0.1, -0.05) is 44.2 Å². The molecule has 176 valence electrons. The van der Waals surface area contributed by atoms with E-state index in [0.717, 1.165) is 45.5 Å². The van der Waals surface area contributed by atoms with E-state index >= 15 is 0 Å². The van der Waals surface area contributed by atoms with E-state index in [1.807, 2.05) is 24.0 Å². The number of piperazine rings is 1. The number of aromatic nitrogens is 3. The monoisotopic (exact) mass is 477 g/mol. The molecular formula is C26H28FN5OS. The second kappa shape index (κ2) is 8.51. The number of thiazole rings is 1. The standard InChI is InChI=1S/C26H28FN5OS/c1-17-22-23(32(29-17)21-11-9-20(27)10-12-21)28-25(34-22)31-15-13-30(14-16-31)24(33)18-5-7-19(8-6-18)26(2,3)4/h5-12H,13-16H2,1-4H3. The summed E-state index contributed by atoms with van der Waals surface area (Å²) in [5.74, 6) is -0.201. The van der Waals surface area contributed by atoms with Gasteiger partial charge in [0.25, 0.3) is 5.91 Å². The van der Waals surface area contributed by atoms with E-state index in [0.29, 0.717) is 13.1 Å². The molecule has 6 nitrogen and oxygen atoms in total. The lowest BCUT2D eigenvalue weighted by atomic mass is 9.86. The molecule has 2 aromatic carbocycles. The molecule has 34 heavy (non-hydrogen) atoms. The van der Waals surface area contributed by atoms with E-state index in [1.165, 1.54) is 17.7 Å². The quantitative estimate of drug-likeness (QED) is 0.408. The van der Waals surface area contributed by atoms with E-state index < -0.39 is 0 Å². The van der Waals surface area contributed by atoms with Gasteiger partial charge in [-0.15, -0.1) is 0 Å². The average molecular weight is 478 g/mol. The van der Waals surface area contributed by atoms with Crippen LogP contribution in [0.2, 0.25) is 0 Å². The predicted octanol–water partition coefficient (Wildman–Crippen LogP) is 5.19. The molecule has 8 heteroatoms. The topological polar surface area (TPSA) is 54.3 Å². The van der Waals surface area contributed by atoms with Crippen LogP contribution < -0.4 is 4.90 Å². The highest BCUT2D eigenvalue weighted by atomic mass is 32.1. The van der Waals surface area contributed by atoms with E-state index in [1.54, 1.807) is 28.2 Å². The zero-order chi connectivity index (χ0) is 24.0. The maximum absolute atomic E-state index is 13.4. The Bertz CT molecular complexity index is 1330. The van der Waals surface area contributed by atoms with Crippen LogP contribution >= 0.6 is 11.3 Å². The highest BCUT2D eigenvalue weighted by Crippen LogP contribution is 2.33. The Balaban J connectivity index is 1.30. The fraction of sp³-hybridized carbons (Fsp3) is 0.346. The number of fused-ring (bicyclic) bond motifs is 1. The zero-order valence-electron chi connectivity index (χ0n) is 19.9. The van der Waals surface area contributed by atoms with E-state index in [-0.39, 0.29) is 17.1 Å². The van der Waals surface area contributed by atoms with Gasteiger partial charge in [0.1, 0.15) is 5.82 Å². The molecular weight excluding hydrogens is 449 g/mol. The molecule has 0 spiro atoms. The van der Waals surface area contributed by atoms with Crippen LogP contribution in [-0.2, 0) is 5.41 Å². The highest BCUT2D eigenvalue weighted by Gasteiger charge is 2.26. The lowest BCUT2D eigenvalue weighted by molar-refractivity contribution is 0.0746. The number of hydrogen-bond donors (Lipinski definition) is 0. The van der Waals surface area contributed by atoms with Crippen molar-refractivity contribution in [1.29, 1.82) is 0 Å². The molecule has 0 radical (unpaired) electrons. The van der Waals surface area contributed by atoms with Gasteiger partial charge < -0.3 is 9.80 Å². The van der Waals surface area contributed by atoms with Gasteiger partial charge in [-0.3, -0.25) is 4.79 Å². The first-order valence-corrected chi connectivity index (χ1v) is 12.3. The normalized spacial score (nSPS) is 14.7. The molecule has 0 aliphatic carbocycles. The van der Waals surface area contributed by atoms with Crippen molar-refractivity contribution in [2.45, 2.75) is 33.1 Å². The van der Waals surface area contributed by atoms with Crippen LogP contribution in [0, 0.1) is 12.7 Å². The van der Waals surface area contributed by atoms with Gasteiger partial charge in [0.2, 0.25) is 0 Å². The first-order chi connectivity index (χ1) is 16.2. The van der Waals surface area contributed by atoms with Crippen molar-refractivity contribution in [3.05, 3.63) is 71.2 Å². The van der Waals surface area contributed by atoms with E-state index in [4.69, 9.17) is 4.98 Å². The van der Waals surface area contributed by atoms with Crippen LogP contribution in [0.5, 0.6) is 0 Å². The number of carbonyl (C=O) groups is 1. The number of amides is 1. The number of aryl methyl sites for hydroxylation is 1. The second-order valence-corrected chi connectivity index (χ2v) is 10.7. The fourth-order valence-corrected chi connectivity index (χ4v) is 5.26. The fourth-order valence-electron chi connectivity index (χ4n) is 4.22. The van der Waals surface area contributed by atoms with Crippen LogP contribution in [-0.4, -0.2) is 51.8 Å². The van der Waals surface area contributed by atoms with Crippen molar-refractivity contribution >= 4 is 32.7 Å². The minimum atomic E-state index is -0.277. The van der Waals surface area contributed by atoms with Gasteiger partial charge in [0.15, 0.2) is 10.8 Å². The molecule has 1 amide bonds. The lowest BCUT2D eigenvalue weighted by Crippen LogP contribution is -2.48. The molecule has 5 rings (SSSR count). The summed E-state index contributed by atoms with van der Waals surface area (Å²) >= 11 is 1.61. The van der Waals surface area contributed by atoms with Crippen molar-refractivity contribution in [2.75, 3.05) is 31.1 Å². The molecule has 0 saturated carbocycles. The molecule has 2 aromatic heterocycles. The second-order valence-electron chi connectivity index (χ2n) is 9.73. The summed E-state index contributed by atoms with van der Waals surface area (Å²) in [5.41, 5.74) is 4.48. The first kappa shape index (κ1) is 22.5. The summed E-state index contributed by atoms with van der Waals surface area (Å²) in [5, 5.41) is 5.52. The minimum Gasteiger partial charge on any atom is -0.344 e. The Labute approximate surface area is 202 Å². The van der Waals surface area contributed by atoms with Crippen LogP contribution in [0.4, 0.5) is 9.52 Å². The van der Waals surface area contributed by atoms with Crippen molar-refractivity contribution in [1.82, 2.24) is 19.7 Å². The highest BCUT2D eigenvalue weighted by molar-refractivity contribution is 7.22. The van der Waals surface area contributed by atoms with Crippen LogP contribution in [0.25, 0.3) is 16.0 Å². The molecule has 0 bridgehead atoms. The van der Waals surface area contributed by atoms with Gasteiger partial charge in [-0.2, -0.15) is 10.1 Å². The maximum atomic E-state index is 13.4. The first-order valence-electron chi connectivity index (χ1n) is 11.5. The van der Waals surface area contributed by atoms with Gasteiger partial charge in [-0.05, 0) is 54.3 Å². The SMILES string of the molecule is Cc1nn(-c2ccc(F)cc2)c2nc(N3CCN(C(=O)c4ccc(C(C)(C)C)cc4)CC3)sc12. The molecule has 1 aliphatic heterocycles. The van der Waals surface area contributed by atoms with Crippen molar-refractivity contribution < 1.29 is 9.18 Å². The van der Waals surface area contributed by atoms with E-state index in [9.17, 15) is 9.18 Å². The van der Waals surface area contributed by atoms with Crippen molar-refractivity contribution in [3.63, 3.8) is 0 Å².